The Hall–Kier alpha value is -3.61. The van der Waals surface area contributed by atoms with Crippen LogP contribution in [0.2, 0.25) is 0 Å². The largest absolute Gasteiger partial charge is 0.508 e. The van der Waals surface area contributed by atoms with E-state index in [1.165, 1.54) is 16.7 Å². The predicted octanol–water partition coefficient (Wildman–Crippen LogP) is 2.67. The van der Waals surface area contributed by atoms with Crippen molar-refractivity contribution >= 4 is 11.0 Å². The summed E-state index contributed by atoms with van der Waals surface area (Å²) in [6.07, 6.45) is 0. The van der Waals surface area contributed by atoms with Crippen LogP contribution in [-0.2, 0) is 6.54 Å². The van der Waals surface area contributed by atoms with Gasteiger partial charge in [-0.2, -0.15) is 0 Å². The van der Waals surface area contributed by atoms with E-state index in [9.17, 15) is 14.7 Å². The molecule has 0 saturated carbocycles. The van der Waals surface area contributed by atoms with Gasteiger partial charge in [-0.15, -0.1) is 0 Å². The number of hydrogen-bond donors (Lipinski definition) is 1. The third-order valence-electron chi connectivity index (χ3n) is 4.26. The topological polar surface area (TPSA) is 98.5 Å². The maximum absolute atomic E-state index is 12.2. The lowest BCUT2D eigenvalue weighted by Gasteiger charge is -2.09. The second-order valence-electron chi connectivity index (χ2n) is 5.90. The summed E-state index contributed by atoms with van der Waals surface area (Å²) in [5.74, 6) is -0.224. The highest BCUT2D eigenvalue weighted by Crippen LogP contribution is 2.28. The van der Waals surface area contributed by atoms with Crippen molar-refractivity contribution in [1.29, 1.82) is 0 Å². The smallest absolute Gasteiger partial charge is 0.442 e. The number of aromatic hydroxyl groups is 1. The molecule has 0 bridgehead atoms. The van der Waals surface area contributed by atoms with Gasteiger partial charge in [0.05, 0.1) is 6.54 Å². The van der Waals surface area contributed by atoms with Gasteiger partial charge in [0.25, 0.3) is 0 Å². The van der Waals surface area contributed by atoms with E-state index in [0.717, 1.165) is 5.56 Å². The lowest BCUT2D eigenvalue weighted by Crippen LogP contribution is -2.17. The highest BCUT2D eigenvalue weighted by molar-refractivity contribution is 5.84. The molecule has 4 aromatic rings. The average molecular weight is 350 g/mol. The molecule has 0 radical (unpaired) electrons. The minimum absolute atomic E-state index is 0.0323. The Morgan fingerprint density at radius 1 is 1.12 bits per heavy atom. The summed E-state index contributed by atoms with van der Waals surface area (Å²) in [7, 11) is 0. The number of aromatic nitrogens is 2. The number of phenols is 1. The highest BCUT2D eigenvalue weighted by Gasteiger charge is 2.16. The average Bonchev–Trinajstić information content (AvgIpc) is 3.00. The molecule has 0 amide bonds. The molecule has 130 valence electrons. The summed E-state index contributed by atoms with van der Waals surface area (Å²) in [5.41, 5.74) is 1.48. The van der Waals surface area contributed by atoms with Crippen molar-refractivity contribution in [1.82, 2.24) is 9.72 Å². The summed E-state index contributed by atoms with van der Waals surface area (Å²) in [5, 5.41) is 14.3. The van der Waals surface area contributed by atoms with E-state index in [1.54, 1.807) is 13.0 Å². The summed E-state index contributed by atoms with van der Waals surface area (Å²) in [6, 6.07) is 13.6. The monoisotopic (exact) mass is 350 g/mol. The lowest BCUT2D eigenvalue weighted by molar-refractivity contribution is 0.378. The molecule has 2 heterocycles. The first-order chi connectivity index (χ1) is 12.5. The number of nitrogens with zero attached hydrogens (tertiary/aromatic N) is 2. The van der Waals surface area contributed by atoms with Crippen molar-refractivity contribution in [3.63, 3.8) is 0 Å². The number of fused-ring (bicyclic) bond motifs is 1. The van der Waals surface area contributed by atoms with Crippen LogP contribution in [0.3, 0.4) is 0 Å². The molecule has 0 unspecified atom stereocenters. The zero-order valence-corrected chi connectivity index (χ0v) is 13.8. The lowest BCUT2D eigenvalue weighted by atomic mass is 10.1. The second-order valence-corrected chi connectivity index (χ2v) is 5.90. The first kappa shape index (κ1) is 15.9. The molecule has 7 heteroatoms. The number of phenolic OH excluding ortho intramolecular Hbond substituents is 1. The first-order valence-corrected chi connectivity index (χ1v) is 7.92. The van der Waals surface area contributed by atoms with Gasteiger partial charge < -0.3 is 9.52 Å². The van der Waals surface area contributed by atoms with Gasteiger partial charge in [-0.25, -0.2) is 9.59 Å². The summed E-state index contributed by atoms with van der Waals surface area (Å²) in [4.78, 5) is 24.1. The fourth-order valence-electron chi connectivity index (χ4n) is 2.92. The van der Waals surface area contributed by atoms with Crippen molar-refractivity contribution < 1.29 is 14.0 Å². The Morgan fingerprint density at radius 3 is 2.65 bits per heavy atom. The molecule has 2 aromatic carbocycles. The van der Waals surface area contributed by atoms with Gasteiger partial charge in [-0.3, -0.25) is 9.09 Å². The number of rotatable bonds is 3. The van der Waals surface area contributed by atoms with Crippen LogP contribution in [0.5, 0.6) is 5.75 Å². The van der Waals surface area contributed by atoms with Gasteiger partial charge in [-0.05, 0) is 24.6 Å². The first-order valence-electron chi connectivity index (χ1n) is 7.92. The molecule has 4 rings (SSSR count). The molecule has 2 aromatic heterocycles. The summed E-state index contributed by atoms with van der Waals surface area (Å²) in [6.45, 7) is 1.74. The maximum atomic E-state index is 12.2. The fraction of sp³-hybridized carbons (Fsp3) is 0.105. The number of aryl methyl sites for hydroxylation is 1. The predicted molar refractivity (Wildman–Crippen MR) is 94.2 cm³/mol. The van der Waals surface area contributed by atoms with Crippen molar-refractivity contribution in [3.8, 4) is 17.1 Å². The van der Waals surface area contributed by atoms with Gasteiger partial charge in [0, 0.05) is 22.6 Å². The van der Waals surface area contributed by atoms with Crippen LogP contribution in [-0.4, -0.2) is 14.8 Å². The number of benzene rings is 2. The third kappa shape index (κ3) is 2.59. The Balaban J connectivity index is 1.90. The minimum atomic E-state index is -0.624. The van der Waals surface area contributed by atoms with Gasteiger partial charge >= 0.3 is 11.4 Å². The Kier molecular flexibility index (Phi) is 3.69. The van der Waals surface area contributed by atoms with Gasteiger partial charge in [0.2, 0.25) is 0 Å². The zero-order valence-electron chi connectivity index (χ0n) is 13.8. The van der Waals surface area contributed by atoms with Crippen molar-refractivity contribution in [2.75, 3.05) is 0 Å². The quantitative estimate of drug-likeness (QED) is 0.570. The molecule has 0 aliphatic carbocycles. The van der Waals surface area contributed by atoms with Gasteiger partial charge in [0.15, 0.2) is 5.82 Å². The molecule has 0 fully saturated rings. The van der Waals surface area contributed by atoms with E-state index < -0.39 is 11.4 Å². The minimum Gasteiger partial charge on any atom is -0.508 e. The van der Waals surface area contributed by atoms with Crippen molar-refractivity contribution in [2.45, 2.75) is 13.5 Å². The van der Waals surface area contributed by atoms with Crippen LogP contribution < -0.4 is 11.4 Å². The van der Waals surface area contributed by atoms with Crippen molar-refractivity contribution in [2.24, 2.45) is 0 Å². The van der Waals surface area contributed by atoms with Crippen LogP contribution >= 0.6 is 0 Å². The molecule has 26 heavy (non-hydrogen) atoms. The molecule has 0 atom stereocenters. The van der Waals surface area contributed by atoms with Crippen LogP contribution in [0.4, 0.5) is 0 Å². The highest BCUT2D eigenvalue weighted by atomic mass is 16.5. The van der Waals surface area contributed by atoms with Crippen LogP contribution in [0.25, 0.3) is 22.4 Å². The molecule has 7 nitrogen and oxygen atoms in total. The Bertz CT molecular complexity index is 1220. The van der Waals surface area contributed by atoms with E-state index in [1.807, 2.05) is 30.3 Å². The van der Waals surface area contributed by atoms with Gasteiger partial charge in [0.1, 0.15) is 11.3 Å². The normalized spacial score (nSPS) is 11.1. The molecular formula is C19H14N2O5. The molecular weight excluding hydrogens is 336 g/mol. The van der Waals surface area contributed by atoms with E-state index in [0.29, 0.717) is 27.9 Å². The second kappa shape index (κ2) is 6.03. The zero-order chi connectivity index (χ0) is 18.3. The van der Waals surface area contributed by atoms with Crippen LogP contribution in [0.1, 0.15) is 11.1 Å². The van der Waals surface area contributed by atoms with E-state index in [-0.39, 0.29) is 12.3 Å². The van der Waals surface area contributed by atoms with Crippen LogP contribution in [0, 0.1) is 6.92 Å². The Morgan fingerprint density at radius 2 is 1.88 bits per heavy atom. The molecule has 0 aliphatic heterocycles. The van der Waals surface area contributed by atoms with Crippen molar-refractivity contribution in [3.05, 3.63) is 80.6 Å². The van der Waals surface area contributed by atoms with E-state index >= 15 is 0 Å². The summed E-state index contributed by atoms with van der Waals surface area (Å²) < 4.78 is 11.4. The molecule has 0 aliphatic rings. The van der Waals surface area contributed by atoms with Gasteiger partial charge in [-0.1, -0.05) is 35.5 Å². The standard InChI is InChI=1S/C19H14N2O5/c1-11-15(22)8-7-14-13(9-16(23)25-17(11)14)10-21-18(20-26-19(21)24)12-5-3-2-4-6-12/h2-9,22H,10H2,1H3. The fourth-order valence-corrected chi connectivity index (χ4v) is 2.92. The molecule has 1 N–H and O–H groups in total. The maximum Gasteiger partial charge on any atom is 0.442 e. The third-order valence-corrected chi connectivity index (χ3v) is 4.26. The molecule has 0 saturated heterocycles. The summed E-state index contributed by atoms with van der Waals surface area (Å²) >= 11 is 0. The Labute approximate surface area is 146 Å². The van der Waals surface area contributed by atoms with E-state index in [2.05, 4.69) is 5.16 Å². The van der Waals surface area contributed by atoms with Crippen LogP contribution in [0.15, 0.2) is 67.1 Å². The number of hydrogen-bond acceptors (Lipinski definition) is 6. The van der Waals surface area contributed by atoms with E-state index in [4.69, 9.17) is 8.94 Å². The SMILES string of the molecule is Cc1c(O)ccc2c(Cn3c(-c4ccccc4)noc3=O)cc(=O)oc12. The molecule has 0 spiro atoms.